The normalized spacial score (nSPS) is 10.7. The van der Waals surface area contributed by atoms with E-state index in [9.17, 15) is 39.9 Å². The van der Waals surface area contributed by atoms with E-state index in [0.29, 0.717) is 0 Å². The molecule has 0 aromatic rings. The summed E-state index contributed by atoms with van der Waals surface area (Å²) in [5, 5.41) is 0. The van der Waals surface area contributed by atoms with Gasteiger partial charge in [-0.3, -0.25) is 0 Å². The van der Waals surface area contributed by atoms with Gasteiger partial charge in [-0.25, -0.2) is 8.78 Å². The molecule has 0 aromatic carbocycles. The van der Waals surface area contributed by atoms with E-state index in [1.807, 2.05) is 0 Å². The fourth-order valence-corrected chi connectivity index (χ4v) is 0.161. The van der Waals surface area contributed by atoms with Crippen LogP contribution in [0.25, 0.3) is 0 Å². The van der Waals surface area contributed by atoms with Gasteiger partial charge in [0.1, 0.15) is 5.78 Å². The molecule has 0 aliphatic carbocycles. The third-order valence-corrected chi connectivity index (χ3v) is 1.42. The third kappa shape index (κ3) is 45.8. The van der Waals surface area contributed by atoms with Crippen LogP contribution in [0.1, 0.15) is 69.2 Å². The Morgan fingerprint density at radius 1 is 0.741 bits per heavy atom. The van der Waals surface area contributed by atoms with Crippen molar-refractivity contribution in [3.63, 3.8) is 0 Å². The molecule has 0 N–H and O–H groups in total. The molecule has 0 radical (unpaired) electrons. The second-order valence-corrected chi connectivity index (χ2v) is 5.97. The van der Waals surface area contributed by atoms with Crippen molar-refractivity contribution >= 4 is 5.78 Å². The lowest BCUT2D eigenvalue weighted by Gasteiger charge is -2.29. The van der Waals surface area contributed by atoms with Gasteiger partial charge in [-0.2, -0.15) is 26.3 Å². The fourth-order valence-electron chi connectivity index (χ4n) is 0.161. The lowest BCUT2D eigenvalue weighted by Crippen LogP contribution is -2.44. The van der Waals surface area contributed by atoms with Crippen LogP contribution in [0, 0.1) is 5.41 Å². The van der Waals surface area contributed by atoms with Crippen molar-refractivity contribution in [1.82, 2.24) is 0 Å². The zero-order valence-electron chi connectivity index (χ0n) is 17.0. The molecule has 0 rings (SSSR count). The summed E-state index contributed by atoms with van der Waals surface area (Å²) >= 11 is 0. The number of rotatable bonds is 0. The van der Waals surface area contributed by atoms with Gasteiger partial charge in [-0.1, -0.05) is 27.7 Å². The van der Waals surface area contributed by atoms with E-state index in [1.54, 1.807) is 14.2 Å². The molecule has 10 heteroatoms. The largest absolute Gasteiger partial charge is 0.402 e. The first-order valence-corrected chi connectivity index (χ1v) is 7.45. The molecule has 0 aromatic heterocycles. The molecular weight excluding hydrogens is 388 g/mol. The lowest BCUT2D eigenvalue weighted by molar-refractivity contribution is -0.327. The Kier molecular flexibility index (Phi) is 27.8. The van der Waals surface area contributed by atoms with E-state index < -0.39 is 23.7 Å². The number of methoxy groups -OCH3 is 1. The van der Waals surface area contributed by atoms with Crippen LogP contribution in [0.5, 0.6) is 0 Å². The second kappa shape index (κ2) is 18.4. The Labute approximate surface area is 158 Å². The molecule has 0 aliphatic heterocycles. The monoisotopic (exact) mass is 424 g/mol. The van der Waals surface area contributed by atoms with E-state index >= 15 is 0 Å². The minimum atomic E-state index is -5.24. The summed E-state index contributed by atoms with van der Waals surface area (Å²) in [6.07, 6.45) is -9.24. The van der Waals surface area contributed by atoms with Crippen molar-refractivity contribution in [1.29, 1.82) is 0 Å². The van der Waals surface area contributed by atoms with Gasteiger partial charge >= 0.3 is 12.4 Å². The van der Waals surface area contributed by atoms with Crippen molar-refractivity contribution < 1.29 is 44.7 Å². The highest BCUT2D eigenvalue weighted by Gasteiger charge is 2.64. The maximum atomic E-state index is 11.6. The summed E-state index contributed by atoms with van der Waals surface area (Å²) in [6, 6.07) is 0. The Balaban J connectivity index is -0.0000000580. The highest BCUT2D eigenvalue weighted by molar-refractivity contribution is 5.72. The number of carbonyl (C=O) groups excluding carboxylic acids is 1. The number of ether oxygens (including phenoxy) is 1. The summed E-state index contributed by atoms with van der Waals surface area (Å²) in [5.74, 6) is -2.33. The molecule has 27 heavy (non-hydrogen) atoms. The molecular formula is C17H36F8O2. The van der Waals surface area contributed by atoms with Gasteiger partial charge in [-0.05, 0) is 41.5 Å². The van der Waals surface area contributed by atoms with Crippen LogP contribution < -0.4 is 0 Å². The quantitative estimate of drug-likeness (QED) is 0.372. The molecule has 0 heterocycles. The van der Waals surface area contributed by atoms with Gasteiger partial charge in [0.25, 0.3) is 0 Å². The average Bonchev–Trinajstić information content (AvgIpc) is 2.24. The number of ketones is 1. The number of hydrogen-bond acceptors (Lipinski definition) is 2. The van der Waals surface area contributed by atoms with E-state index in [4.69, 9.17) is 0 Å². The minimum Gasteiger partial charge on any atom is -0.388 e. The van der Waals surface area contributed by atoms with Gasteiger partial charge in [0.15, 0.2) is 5.41 Å². The van der Waals surface area contributed by atoms with Crippen LogP contribution in [-0.4, -0.2) is 38.3 Å². The maximum absolute atomic E-state index is 11.6. The molecule has 0 saturated carbocycles. The summed E-state index contributed by atoms with van der Waals surface area (Å²) in [7, 11) is 3.25. The first-order chi connectivity index (χ1) is 11.1. The van der Waals surface area contributed by atoms with Gasteiger partial charge in [0.2, 0.25) is 5.92 Å². The van der Waals surface area contributed by atoms with Crippen molar-refractivity contribution in [2.75, 3.05) is 14.2 Å². The molecule has 2 nitrogen and oxygen atoms in total. The Hall–Kier alpha value is -0.930. The van der Waals surface area contributed by atoms with Crippen LogP contribution in [0.15, 0.2) is 0 Å². The smallest absolute Gasteiger partial charge is 0.388 e. The van der Waals surface area contributed by atoms with E-state index in [1.165, 1.54) is 20.3 Å². The Morgan fingerprint density at radius 3 is 0.815 bits per heavy atom. The lowest BCUT2D eigenvalue weighted by atomic mass is 9.92. The molecule has 0 saturated heterocycles. The topological polar surface area (TPSA) is 26.3 Å². The number of hydrogen-bond donors (Lipinski definition) is 0. The molecule has 0 bridgehead atoms. The predicted molar refractivity (Wildman–Crippen MR) is 94.2 cm³/mol. The molecule has 0 fully saturated rings. The molecule has 0 aliphatic rings. The minimum absolute atomic E-state index is 0. The first kappa shape index (κ1) is 40.7. The molecule has 172 valence electrons. The maximum Gasteiger partial charge on any atom is 0.402 e. The van der Waals surface area contributed by atoms with Crippen molar-refractivity contribution in [3.8, 4) is 0 Å². The van der Waals surface area contributed by atoms with Crippen molar-refractivity contribution in [2.45, 2.75) is 87.5 Å². The SMILES string of the molecule is C.CC(C)(C(F)(F)F)C(F)(F)F.CC(C)(F)F.CC(C)=O.CCC.COC. The van der Waals surface area contributed by atoms with Crippen LogP contribution in [0.4, 0.5) is 35.1 Å². The Bertz CT molecular complexity index is 288. The Morgan fingerprint density at radius 2 is 0.815 bits per heavy atom. The van der Waals surface area contributed by atoms with Crippen molar-refractivity contribution in [3.05, 3.63) is 0 Å². The number of alkyl halides is 8. The average molecular weight is 424 g/mol. The molecule has 0 amide bonds. The highest BCUT2D eigenvalue weighted by Crippen LogP contribution is 2.49. The second-order valence-electron chi connectivity index (χ2n) is 5.97. The van der Waals surface area contributed by atoms with Gasteiger partial charge in [0, 0.05) is 14.2 Å². The van der Waals surface area contributed by atoms with Gasteiger partial charge in [0.05, 0.1) is 0 Å². The number of carbonyl (C=O) groups is 1. The number of halogens is 8. The summed E-state index contributed by atoms with van der Waals surface area (Å²) in [4.78, 5) is 9.44. The molecule has 0 unspecified atom stereocenters. The first-order valence-electron chi connectivity index (χ1n) is 7.45. The molecule has 0 atom stereocenters. The summed E-state index contributed by atoms with van der Waals surface area (Å²) in [6.45, 7) is 9.22. The summed E-state index contributed by atoms with van der Waals surface area (Å²) < 4.78 is 95.9. The summed E-state index contributed by atoms with van der Waals surface area (Å²) in [5.41, 5.74) is -3.62. The van der Waals surface area contributed by atoms with Gasteiger partial charge < -0.3 is 9.53 Å². The van der Waals surface area contributed by atoms with Crippen LogP contribution >= 0.6 is 0 Å². The van der Waals surface area contributed by atoms with E-state index in [0.717, 1.165) is 13.8 Å². The fraction of sp³-hybridized carbons (Fsp3) is 0.941. The standard InChI is InChI=1S/C5H6F6.C3H6F2.C3H6O.C3H8.C2H6O.CH4/c1-3(2,4(6,7)8)5(9,10)11;1-3(2,4)5;1-3(2)4;2*1-3-2;/h1-2H3;1-2H3;1-2H3;3H2,1-2H3;1-2H3;1H4. The van der Waals surface area contributed by atoms with E-state index in [2.05, 4.69) is 18.6 Å². The molecule has 0 spiro atoms. The predicted octanol–water partition coefficient (Wildman–Crippen LogP) is 7.71. The third-order valence-electron chi connectivity index (χ3n) is 1.42. The van der Waals surface area contributed by atoms with Crippen molar-refractivity contribution in [2.24, 2.45) is 5.41 Å². The number of Topliss-reactive ketones (excluding diaryl/α,β-unsaturated/α-hetero) is 1. The highest BCUT2D eigenvalue weighted by atomic mass is 19.4. The van der Waals surface area contributed by atoms with E-state index in [-0.39, 0.29) is 27.1 Å². The zero-order valence-corrected chi connectivity index (χ0v) is 17.0. The van der Waals surface area contributed by atoms with Crippen LogP contribution in [0.2, 0.25) is 0 Å². The van der Waals surface area contributed by atoms with Crippen LogP contribution in [0.3, 0.4) is 0 Å². The van der Waals surface area contributed by atoms with Gasteiger partial charge in [-0.15, -0.1) is 0 Å². The van der Waals surface area contributed by atoms with Crippen LogP contribution in [-0.2, 0) is 9.53 Å². The zero-order chi connectivity index (χ0) is 23.0.